The second-order valence-corrected chi connectivity index (χ2v) is 16.3. The topological polar surface area (TPSA) is 117 Å². The van der Waals surface area contributed by atoms with Crippen LogP contribution in [0.5, 0.6) is 0 Å². The number of rotatable bonds is 43. The molecule has 9 heteroatoms. The predicted molar refractivity (Wildman–Crippen MR) is 251 cm³/mol. The Labute approximate surface area is 361 Å². The number of phosphoric ester groups is 1. The SMILES string of the molecule is CC/C=C\C/C=C\C/C=C\C/C=C\C/C=C\C/C=C\CCCCCCC(=O)OC(COCCCCCCCC/C=C\C/C=C\CCCCCC)COP(=O)(O)OCCN. The zero-order chi connectivity index (χ0) is 43.0. The first-order valence-corrected chi connectivity index (χ1v) is 24.7. The molecule has 0 aliphatic rings. The van der Waals surface area contributed by atoms with Gasteiger partial charge in [-0.05, 0) is 96.3 Å². The molecule has 2 unspecified atom stereocenters. The van der Waals surface area contributed by atoms with Crippen LogP contribution in [0.15, 0.2) is 97.2 Å². The van der Waals surface area contributed by atoms with Gasteiger partial charge in [-0.3, -0.25) is 13.8 Å². The molecule has 0 bridgehead atoms. The number of ether oxygens (including phenoxy) is 2. The maximum Gasteiger partial charge on any atom is 0.472 e. The highest BCUT2D eigenvalue weighted by Crippen LogP contribution is 2.43. The first-order chi connectivity index (χ1) is 28.9. The van der Waals surface area contributed by atoms with Crippen molar-refractivity contribution in [3.05, 3.63) is 97.2 Å². The predicted octanol–water partition coefficient (Wildman–Crippen LogP) is 14.2. The van der Waals surface area contributed by atoms with Crippen molar-refractivity contribution in [1.82, 2.24) is 0 Å². The fourth-order valence-corrected chi connectivity index (χ4v) is 6.62. The van der Waals surface area contributed by atoms with E-state index in [4.69, 9.17) is 24.3 Å². The van der Waals surface area contributed by atoms with Gasteiger partial charge in [-0.25, -0.2) is 4.57 Å². The molecule has 8 nitrogen and oxygen atoms in total. The molecule has 0 aliphatic carbocycles. The van der Waals surface area contributed by atoms with Crippen LogP contribution < -0.4 is 5.73 Å². The van der Waals surface area contributed by atoms with Crippen molar-refractivity contribution >= 4 is 13.8 Å². The molecule has 0 fully saturated rings. The van der Waals surface area contributed by atoms with Gasteiger partial charge in [-0.15, -0.1) is 0 Å². The number of hydrogen-bond acceptors (Lipinski definition) is 7. The molecule has 3 N–H and O–H groups in total. The van der Waals surface area contributed by atoms with Crippen molar-refractivity contribution in [2.45, 2.75) is 180 Å². The van der Waals surface area contributed by atoms with Crippen molar-refractivity contribution < 1.29 is 32.8 Å². The third-order valence-electron chi connectivity index (χ3n) is 9.24. The average Bonchev–Trinajstić information content (AvgIpc) is 3.23. The number of esters is 1. The summed E-state index contributed by atoms with van der Waals surface area (Å²) in [5.41, 5.74) is 5.37. The van der Waals surface area contributed by atoms with E-state index in [9.17, 15) is 14.3 Å². The largest absolute Gasteiger partial charge is 0.472 e. The van der Waals surface area contributed by atoms with Crippen LogP contribution in [-0.4, -0.2) is 49.9 Å². The van der Waals surface area contributed by atoms with E-state index >= 15 is 0 Å². The van der Waals surface area contributed by atoms with Gasteiger partial charge in [0.25, 0.3) is 0 Å². The third-order valence-corrected chi connectivity index (χ3v) is 10.2. The van der Waals surface area contributed by atoms with Crippen molar-refractivity contribution in [1.29, 1.82) is 0 Å². The zero-order valence-corrected chi connectivity index (χ0v) is 38.3. The van der Waals surface area contributed by atoms with Gasteiger partial charge in [-0.2, -0.15) is 0 Å². The van der Waals surface area contributed by atoms with Gasteiger partial charge in [0.2, 0.25) is 0 Å². The van der Waals surface area contributed by atoms with E-state index in [2.05, 4.69) is 111 Å². The molecule has 0 rings (SSSR count). The maximum absolute atomic E-state index is 12.6. The van der Waals surface area contributed by atoms with Crippen LogP contribution in [0.25, 0.3) is 0 Å². The van der Waals surface area contributed by atoms with E-state index in [0.29, 0.717) is 6.61 Å². The number of allylic oxidation sites excluding steroid dienone is 16. The lowest BCUT2D eigenvalue weighted by Gasteiger charge is -2.20. The van der Waals surface area contributed by atoms with Gasteiger partial charge in [0, 0.05) is 19.6 Å². The Hall–Kier alpha value is -2.58. The summed E-state index contributed by atoms with van der Waals surface area (Å²) in [4.78, 5) is 22.5. The fraction of sp³-hybridized carbons (Fsp3) is 0.660. The highest BCUT2D eigenvalue weighted by Gasteiger charge is 2.25. The summed E-state index contributed by atoms with van der Waals surface area (Å²) in [6.07, 6.45) is 61.4. The average molecular weight is 844 g/mol. The lowest BCUT2D eigenvalue weighted by Crippen LogP contribution is -2.28. The summed E-state index contributed by atoms with van der Waals surface area (Å²) >= 11 is 0. The summed E-state index contributed by atoms with van der Waals surface area (Å²) in [7, 11) is -4.30. The number of nitrogens with two attached hydrogens (primary N) is 1. The molecule has 0 spiro atoms. The Balaban J connectivity index is 4.12. The van der Waals surface area contributed by atoms with Crippen LogP contribution in [0.4, 0.5) is 0 Å². The van der Waals surface area contributed by atoms with Gasteiger partial charge >= 0.3 is 13.8 Å². The first kappa shape index (κ1) is 56.4. The van der Waals surface area contributed by atoms with Crippen LogP contribution >= 0.6 is 7.82 Å². The molecule has 0 saturated heterocycles. The zero-order valence-electron chi connectivity index (χ0n) is 37.4. The summed E-state index contributed by atoms with van der Waals surface area (Å²) < 4.78 is 33.5. The van der Waals surface area contributed by atoms with Gasteiger partial charge < -0.3 is 20.1 Å². The molecule has 0 amide bonds. The Morgan fingerprint density at radius 2 is 0.949 bits per heavy atom. The molecule has 0 aromatic rings. The molecule has 59 heavy (non-hydrogen) atoms. The van der Waals surface area contributed by atoms with E-state index in [1.807, 2.05) is 0 Å². The lowest BCUT2D eigenvalue weighted by molar-refractivity contribution is -0.154. The lowest BCUT2D eigenvalue weighted by atomic mass is 10.1. The molecule has 0 saturated carbocycles. The van der Waals surface area contributed by atoms with Gasteiger partial charge in [-0.1, -0.05) is 169 Å². The summed E-state index contributed by atoms with van der Waals surface area (Å²) in [5, 5.41) is 0. The van der Waals surface area contributed by atoms with Gasteiger partial charge in [0.15, 0.2) is 0 Å². The molecular weight excluding hydrogens is 758 g/mol. The van der Waals surface area contributed by atoms with Crippen LogP contribution in [-0.2, 0) is 27.9 Å². The molecule has 0 aromatic carbocycles. The summed E-state index contributed by atoms with van der Waals surface area (Å²) in [6, 6.07) is 0. The van der Waals surface area contributed by atoms with Crippen molar-refractivity contribution in [3.8, 4) is 0 Å². The number of unbranched alkanes of at least 4 members (excludes halogenated alkanes) is 14. The molecule has 0 heterocycles. The Morgan fingerprint density at radius 1 is 0.525 bits per heavy atom. The molecule has 0 aliphatic heterocycles. The molecular formula is C50H86NO7P. The van der Waals surface area contributed by atoms with Crippen LogP contribution in [0.3, 0.4) is 0 Å². The highest BCUT2D eigenvalue weighted by molar-refractivity contribution is 7.47. The Bertz CT molecular complexity index is 1220. The monoisotopic (exact) mass is 844 g/mol. The van der Waals surface area contributed by atoms with Crippen molar-refractivity contribution in [2.75, 3.05) is 33.0 Å². The van der Waals surface area contributed by atoms with Gasteiger partial charge in [0.1, 0.15) is 6.10 Å². The van der Waals surface area contributed by atoms with E-state index in [1.54, 1.807) is 0 Å². The number of carbonyl (C=O) groups excluding carboxylic acids is 1. The van der Waals surface area contributed by atoms with E-state index in [1.165, 1.54) is 51.4 Å². The van der Waals surface area contributed by atoms with Crippen LogP contribution in [0.2, 0.25) is 0 Å². The van der Waals surface area contributed by atoms with E-state index < -0.39 is 13.9 Å². The van der Waals surface area contributed by atoms with Crippen LogP contribution in [0.1, 0.15) is 174 Å². The number of hydrogen-bond donors (Lipinski definition) is 2. The van der Waals surface area contributed by atoms with E-state index in [-0.39, 0.29) is 38.8 Å². The fourth-order valence-electron chi connectivity index (χ4n) is 5.85. The van der Waals surface area contributed by atoms with E-state index in [0.717, 1.165) is 103 Å². The molecule has 2 atom stereocenters. The number of phosphoric acid groups is 1. The number of carbonyl (C=O) groups is 1. The maximum atomic E-state index is 12.6. The third kappa shape index (κ3) is 46.3. The first-order valence-electron chi connectivity index (χ1n) is 23.2. The summed E-state index contributed by atoms with van der Waals surface area (Å²) in [5.74, 6) is -0.362. The Morgan fingerprint density at radius 3 is 1.42 bits per heavy atom. The van der Waals surface area contributed by atoms with Crippen molar-refractivity contribution in [2.24, 2.45) is 5.73 Å². The smallest absolute Gasteiger partial charge is 0.457 e. The molecule has 0 aromatic heterocycles. The minimum absolute atomic E-state index is 0.0883. The minimum Gasteiger partial charge on any atom is -0.457 e. The second-order valence-electron chi connectivity index (χ2n) is 14.9. The second kappa shape index (κ2) is 46.5. The Kier molecular flexibility index (Phi) is 44.5. The molecule has 0 radical (unpaired) electrons. The summed E-state index contributed by atoms with van der Waals surface area (Å²) in [6.45, 7) is 4.71. The standard InChI is InChI=1S/C50H86NO7P/c1-3-5-7-9-11-13-15-17-19-21-22-23-24-25-26-27-29-31-33-35-37-39-41-43-50(52)58-49(48-57-59(53,54)56-46-44-51)47-55-45-42-40-38-36-34-32-30-28-20-18-16-14-12-10-8-6-4-2/h5,7,11,13-14,16-17,19-20,22-23,25-26,28-29,31,49H,3-4,6,8-10,12,15,18,21,24,27,30,32-48,51H2,1-2H3,(H,53,54)/b7-5-,13-11-,16-14-,19-17-,23-22-,26-25-,28-20-,31-29-. The van der Waals surface area contributed by atoms with Gasteiger partial charge in [0.05, 0.1) is 19.8 Å². The highest BCUT2D eigenvalue weighted by atomic mass is 31.2. The van der Waals surface area contributed by atoms with Crippen molar-refractivity contribution in [3.63, 3.8) is 0 Å². The minimum atomic E-state index is -4.30. The van der Waals surface area contributed by atoms with Crippen LogP contribution in [0, 0.1) is 0 Å². The quantitative estimate of drug-likeness (QED) is 0.0270. The normalized spacial score (nSPS) is 14.3. The molecule has 338 valence electrons.